The summed E-state index contributed by atoms with van der Waals surface area (Å²) in [6, 6.07) is 11.3. The van der Waals surface area contributed by atoms with Crippen LogP contribution in [0.2, 0.25) is 5.02 Å². The van der Waals surface area contributed by atoms with Gasteiger partial charge in [-0.25, -0.2) is 4.79 Å². The molecule has 0 aliphatic carbocycles. The van der Waals surface area contributed by atoms with Gasteiger partial charge in [-0.2, -0.15) is 4.98 Å². The van der Waals surface area contributed by atoms with Crippen molar-refractivity contribution in [1.29, 1.82) is 0 Å². The Balaban J connectivity index is 1.97. The molecule has 2 aromatic carbocycles. The van der Waals surface area contributed by atoms with Crippen molar-refractivity contribution in [2.24, 2.45) is 0 Å². The molecule has 0 aliphatic heterocycles. The van der Waals surface area contributed by atoms with E-state index in [1.807, 2.05) is 0 Å². The lowest BCUT2D eigenvalue weighted by Gasteiger charge is -2.01. The van der Waals surface area contributed by atoms with Crippen LogP contribution in [-0.4, -0.2) is 21.2 Å². The van der Waals surface area contributed by atoms with Crippen molar-refractivity contribution < 1.29 is 14.4 Å². The maximum atomic E-state index is 10.9. The van der Waals surface area contributed by atoms with Crippen molar-refractivity contribution in [2.45, 2.75) is 0 Å². The lowest BCUT2D eigenvalue weighted by atomic mass is 10.1. The zero-order valence-corrected chi connectivity index (χ0v) is 11.9. The fourth-order valence-corrected chi connectivity index (χ4v) is 2.07. The Hall–Kier alpha value is -2.86. The highest BCUT2D eigenvalue weighted by molar-refractivity contribution is 6.30. The van der Waals surface area contributed by atoms with Crippen LogP contribution in [0, 0.1) is 0 Å². The molecule has 0 saturated heterocycles. The molecule has 3 rings (SSSR count). The zero-order valence-electron chi connectivity index (χ0n) is 11.2. The van der Waals surface area contributed by atoms with Crippen molar-refractivity contribution in [1.82, 2.24) is 10.1 Å². The zero-order chi connectivity index (χ0) is 15.7. The average Bonchev–Trinajstić information content (AvgIpc) is 2.97. The Kier molecular flexibility index (Phi) is 3.52. The molecule has 0 bridgehead atoms. The molecular formula is C15H10ClN3O3. The number of nitrogens with zero attached hydrogens (tertiary/aromatic N) is 2. The van der Waals surface area contributed by atoms with Gasteiger partial charge in [-0.05, 0) is 42.5 Å². The molecule has 3 N–H and O–H groups in total. The summed E-state index contributed by atoms with van der Waals surface area (Å²) in [6.45, 7) is 0. The third kappa shape index (κ3) is 2.64. The molecule has 0 amide bonds. The minimum atomic E-state index is -1.05. The number of halogens is 1. The smallest absolute Gasteiger partial charge is 0.335 e. The topological polar surface area (TPSA) is 102 Å². The monoisotopic (exact) mass is 315 g/mol. The number of carboxylic acids is 1. The van der Waals surface area contributed by atoms with Gasteiger partial charge in [-0.1, -0.05) is 16.8 Å². The summed E-state index contributed by atoms with van der Waals surface area (Å²) in [5.74, 6) is -0.432. The third-order valence-corrected chi connectivity index (χ3v) is 3.31. The number of carbonyl (C=O) groups is 1. The average molecular weight is 316 g/mol. The van der Waals surface area contributed by atoms with E-state index in [1.54, 1.807) is 24.3 Å². The van der Waals surface area contributed by atoms with Crippen LogP contribution in [0.3, 0.4) is 0 Å². The number of benzene rings is 2. The maximum absolute atomic E-state index is 10.9. The number of aromatic nitrogens is 2. The molecule has 0 spiro atoms. The van der Waals surface area contributed by atoms with Gasteiger partial charge in [0.05, 0.1) is 11.1 Å². The Labute approximate surface area is 130 Å². The lowest BCUT2D eigenvalue weighted by Crippen LogP contribution is -1.99. The summed E-state index contributed by atoms with van der Waals surface area (Å²) in [5, 5.41) is 13.4. The molecule has 0 aliphatic rings. The van der Waals surface area contributed by atoms with Crippen molar-refractivity contribution >= 4 is 23.3 Å². The molecule has 0 fully saturated rings. The van der Waals surface area contributed by atoms with Crippen LogP contribution in [0.15, 0.2) is 47.0 Å². The number of hydrogen-bond acceptors (Lipinski definition) is 5. The Morgan fingerprint density at radius 2 is 1.91 bits per heavy atom. The molecule has 0 atom stereocenters. The number of hydrogen-bond donors (Lipinski definition) is 2. The van der Waals surface area contributed by atoms with Gasteiger partial charge in [-0.3, -0.25) is 0 Å². The first-order chi connectivity index (χ1) is 10.5. The van der Waals surface area contributed by atoms with E-state index in [-0.39, 0.29) is 17.1 Å². The van der Waals surface area contributed by atoms with E-state index >= 15 is 0 Å². The van der Waals surface area contributed by atoms with Gasteiger partial charge in [0.2, 0.25) is 5.82 Å². The van der Waals surface area contributed by atoms with Crippen LogP contribution in [0.5, 0.6) is 0 Å². The molecule has 22 heavy (non-hydrogen) atoms. The minimum absolute atomic E-state index is 0.0960. The summed E-state index contributed by atoms with van der Waals surface area (Å²) >= 11 is 5.83. The fourth-order valence-electron chi connectivity index (χ4n) is 1.94. The number of anilines is 1. The summed E-state index contributed by atoms with van der Waals surface area (Å²) < 4.78 is 5.20. The van der Waals surface area contributed by atoms with E-state index in [9.17, 15) is 4.79 Å². The van der Waals surface area contributed by atoms with Gasteiger partial charge in [-0.15, -0.1) is 0 Å². The quantitative estimate of drug-likeness (QED) is 0.719. The molecule has 0 radical (unpaired) electrons. The summed E-state index contributed by atoms with van der Waals surface area (Å²) in [4.78, 5) is 15.2. The molecule has 110 valence electrons. The molecule has 3 aromatic rings. The standard InChI is InChI=1S/C15H10ClN3O3/c16-10-4-1-8(2-5-10)13-18-14(22-19-13)11-6-3-9(15(20)21)7-12(11)17/h1-7H,17H2,(H,20,21). The predicted octanol–water partition coefficient (Wildman–Crippen LogP) is 3.34. The van der Waals surface area contributed by atoms with Gasteiger partial charge in [0, 0.05) is 16.3 Å². The van der Waals surface area contributed by atoms with E-state index in [2.05, 4.69) is 10.1 Å². The summed E-state index contributed by atoms with van der Waals surface area (Å²) in [5.41, 5.74) is 7.44. The van der Waals surface area contributed by atoms with E-state index < -0.39 is 5.97 Å². The van der Waals surface area contributed by atoms with Gasteiger partial charge in [0.15, 0.2) is 0 Å². The number of aromatic carboxylic acids is 1. The van der Waals surface area contributed by atoms with Gasteiger partial charge >= 0.3 is 5.97 Å². The van der Waals surface area contributed by atoms with E-state index in [0.717, 1.165) is 5.56 Å². The van der Waals surface area contributed by atoms with Gasteiger partial charge in [0.1, 0.15) is 0 Å². The van der Waals surface area contributed by atoms with Gasteiger partial charge < -0.3 is 15.4 Å². The van der Waals surface area contributed by atoms with E-state index in [4.69, 9.17) is 27.0 Å². The largest absolute Gasteiger partial charge is 0.478 e. The number of carboxylic acid groups (broad SMARTS) is 1. The number of rotatable bonds is 3. The highest BCUT2D eigenvalue weighted by Crippen LogP contribution is 2.28. The Morgan fingerprint density at radius 3 is 2.55 bits per heavy atom. The molecule has 1 aromatic heterocycles. The highest BCUT2D eigenvalue weighted by Gasteiger charge is 2.14. The van der Waals surface area contributed by atoms with Gasteiger partial charge in [0.25, 0.3) is 5.89 Å². The first-order valence-electron chi connectivity index (χ1n) is 6.27. The van der Waals surface area contributed by atoms with Crippen molar-refractivity contribution in [3.8, 4) is 22.8 Å². The molecule has 6 nitrogen and oxygen atoms in total. The third-order valence-electron chi connectivity index (χ3n) is 3.06. The Morgan fingerprint density at radius 1 is 1.18 bits per heavy atom. The van der Waals surface area contributed by atoms with Crippen molar-refractivity contribution in [3.05, 3.63) is 53.1 Å². The molecular weight excluding hydrogens is 306 g/mol. The van der Waals surface area contributed by atoms with Crippen molar-refractivity contribution in [3.63, 3.8) is 0 Å². The maximum Gasteiger partial charge on any atom is 0.335 e. The first-order valence-corrected chi connectivity index (χ1v) is 6.65. The highest BCUT2D eigenvalue weighted by atomic mass is 35.5. The van der Waals surface area contributed by atoms with Crippen LogP contribution in [0.1, 0.15) is 10.4 Å². The molecule has 7 heteroatoms. The minimum Gasteiger partial charge on any atom is -0.478 e. The number of nitrogen functional groups attached to an aromatic ring is 1. The van der Waals surface area contributed by atoms with Crippen LogP contribution in [0.4, 0.5) is 5.69 Å². The SMILES string of the molecule is Nc1cc(C(=O)O)ccc1-c1nc(-c2ccc(Cl)cc2)no1. The summed E-state index contributed by atoms with van der Waals surface area (Å²) in [7, 11) is 0. The normalized spacial score (nSPS) is 10.6. The van der Waals surface area contributed by atoms with Crippen LogP contribution in [0.25, 0.3) is 22.8 Å². The molecule has 1 heterocycles. The molecule has 0 saturated carbocycles. The van der Waals surface area contributed by atoms with Crippen LogP contribution >= 0.6 is 11.6 Å². The number of nitrogens with two attached hydrogens (primary N) is 1. The first kappa shape index (κ1) is 14.1. The summed E-state index contributed by atoms with van der Waals surface area (Å²) in [6.07, 6.45) is 0. The fraction of sp³-hybridized carbons (Fsp3) is 0. The molecule has 0 unspecified atom stereocenters. The lowest BCUT2D eigenvalue weighted by molar-refractivity contribution is 0.0697. The second-order valence-electron chi connectivity index (χ2n) is 4.54. The van der Waals surface area contributed by atoms with E-state index in [0.29, 0.717) is 16.4 Å². The van der Waals surface area contributed by atoms with Crippen molar-refractivity contribution in [2.75, 3.05) is 5.73 Å². The second kappa shape index (κ2) is 5.50. The predicted molar refractivity (Wildman–Crippen MR) is 81.6 cm³/mol. The van der Waals surface area contributed by atoms with E-state index in [1.165, 1.54) is 18.2 Å². The van der Waals surface area contributed by atoms with Crippen LogP contribution in [-0.2, 0) is 0 Å². The Bertz CT molecular complexity index is 843. The second-order valence-corrected chi connectivity index (χ2v) is 4.97. The van der Waals surface area contributed by atoms with Crippen LogP contribution < -0.4 is 5.73 Å².